The van der Waals surface area contributed by atoms with Gasteiger partial charge in [0.25, 0.3) is 0 Å². The average Bonchev–Trinajstić information content (AvgIpc) is 2.44. The number of rotatable bonds is 2. The van der Waals surface area contributed by atoms with Crippen LogP contribution >= 0.6 is 0 Å². The zero-order valence-electron chi connectivity index (χ0n) is 8.44. The summed E-state index contributed by atoms with van der Waals surface area (Å²) in [5.74, 6) is 0.918. The van der Waals surface area contributed by atoms with Crippen LogP contribution in [0.2, 0.25) is 0 Å². The van der Waals surface area contributed by atoms with Crippen molar-refractivity contribution in [3.63, 3.8) is 0 Å². The first-order chi connectivity index (χ1) is 6.68. The van der Waals surface area contributed by atoms with Crippen molar-refractivity contribution in [2.45, 2.75) is 45.3 Å². The van der Waals surface area contributed by atoms with E-state index in [9.17, 15) is 4.79 Å². The smallest absolute Gasteiger partial charge is 0.326 e. The Morgan fingerprint density at radius 3 is 3.00 bits per heavy atom. The van der Waals surface area contributed by atoms with Crippen molar-refractivity contribution in [2.24, 2.45) is 5.73 Å². The topological polar surface area (TPSA) is 65.8 Å². The van der Waals surface area contributed by atoms with Crippen molar-refractivity contribution in [1.29, 1.82) is 0 Å². The van der Waals surface area contributed by atoms with Crippen molar-refractivity contribution >= 4 is 0 Å². The van der Waals surface area contributed by atoms with Crippen LogP contribution in [0.5, 0.6) is 0 Å². The van der Waals surface area contributed by atoms with Crippen LogP contribution in [0.3, 0.4) is 0 Å². The van der Waals surface area contributed by atoms with Gasteiger partial charge >= 0.3 is 5.69 Å². The van der Waals surface area contributed by atoms with Crippen molar-refractivity contribution in [3.8, 4) is 0 Å². The van der Waals surface area contributed by atoms with Gasteiger partial charge in [0, 0.05) is 19.0 Å². The molecule has 0 aliphatic carbocycles. The molecule has 0 amide bonds. The van der Waals surface area contributed by atoms with Gasteiger partial charge in [0.1, 0.15) is 5.82 Å². The molecule has 0 unspecified atom stereocenters. The fraction of sp³-hybridized carbons (Fsp3) is 0.778. The minimum atomic E-state index is -0.0235. The molecule has 1 aliphatic heterocycles. The maximum Gasteiger partial charge on any atom is 0.345 e. The van der Waals surface area contributed by atoms with Gasteiger partial charge in [0.15, 0.2) is 0 Å². The zero-order chi connectivity index (χ0) is 10.1. The molecule has 5 heteroatoms. The van der Waals surface area contributed by atoms with Gasteiger partial charge in [-0.3, -0.25) is 4.57 Å². The second-order valence-corrected chi connectivity index (χ2v) is 3.97. The normalized spacial score (nSPS) is 17.9. The summed E-state index contributed by atoms with van der Waals surface area (Å²) in [4.78, 5) is 11.8. The summed E-state index contributed by atoms with van der Waals surface area (Å²) >= 11 is 0. The lowest BCUT2D eigenvalue weighted by atomic mass is 10.2. The summed E-state index contributed by atoms with van der Waals surface area (Å²) in [6.45, 7) is 3.21. The largest absolute Gasteiger partial charge is 0.345 e. The Kier molecular flexibility index (Phi) is 2.41. The maximum absolute atomic E-state index is 11.8. The summed E-state index contributed by atoms with van der Waals surface area (Å²) < 4.78 is 3.26. The zero-order valence-corrected chi connectivity index (χ0v) is 8.44. The molecule has 1 aliphatic rings. The maximum atomic E-state index is 11.8. The second kappa shape index (κ2) is 3.57. The van der Waals surface area contributed by atoms with Crippen LogP contribution in [0.1, 0.15) is 25.6 Å². The van der Waals surface area contributed by atoms with Gasteiger partial charge in [0.05, 0.1) is 6.54 Å². The summed E-state index contributed by atoms with van der Waals surface area (Å²) in [6.07, 6.45) is 3.13. The van der Waals surface area contributed by atoms with Gasteiger partial charge in [0.2, 0.25) is 0 Å². The average molecular weight is 196 g/mol. The van der Waals surface area contributed by atoms with E-state index in [4.69, 9.17) is 5.73 Å². The number of nitrogens with two attached hydrogens (primary N) is 1. The van der Waals surface area contributed by atoms with E-state index >= 15 is 0 Å². The molecule has 2 N–H and O–H groups in total. The summed E-state index contributed by atoms with van der Waals surface area (Å²) in [6, 6.07) is -0.0235. The molecule has 0 saturated heterocycles. The highest BCUT2D eigenvalue weighted by Gasteiger charge is 2.16. The van der Waals surface area contributed by atoms with Crippen molar-refractivity contribution < 1.29 is 0 Å². The molecular formula is C9H16N4O. The summed E-state index contributed by atoms with van der Waals surface area (Å²) in [5.41, 5.74) is 5.64. The highest BCUT2D eigenvalue weighted by atomic mass is 16.2. The molecule has 0 fully saturated rings. The van der Waals surface area contributed by atoms with E-state index in [0.29, 0.717) is 6.54 Å². The van der Waals surface area contributed by atoms with E-state index < -0.39 is 0 Å². The monoisotopic (exact) mass is 196 g/mol. The van der Waals surface area contributed by atoms with Crippen LogP contribution in [-0.4, -0.2) is 20.4 Å². The van der Waals surface area contributed by atoms with Crippen molar-refractivity contribution in [1.82, 2.24) is 14.3 Å². The lowest BCUT2D eigenvalue weighted by Gasteiger charge is -2.09. The second-order valence-electron chi connectivity index (χ2n) is 3.97. The van der Waals surface area contributed by atoms with Gasteiger partial charge in [-0.05, 0) is 19.8 Å². The van der Waals surface area contributed by atoms with E-state index in [1.54, 1.807) is 4.57 Å². The number of aryl methyl sites for hydroxylation is 1. The predicted molar refractivity (Wildman–Crippen MR) is 53.1 cm³/mol. The van der Waals surface area contributed by atoms with Crippen LogP contribution in [0.15, 0.2) is 4.79 Å². The van der Waals surface area contributed by atoms with Crippen LogP contribution in [0, 0.1) is 0 Å². The molecule has 0 aromatic carbocycles. The lowest BCUT2D eigenvalue weighted by Crippen LogP contribution is -2.32. The molecular weight excluding hydrogens is 180 g/mol. The first-order valence-corrected chi connectivity index (χ1v) is 5.10. The van der Waals surface area contributed by atoms with Crippen LogP contribution in [0.4, 0.5) is 0 Å². The standard InChI is InChI=1S/C9H16N4O/c1-7(10)6-13-9(14)12-5-3-2-4-8(12)11-13/h7H,2-6,10H2,1H3/t7-/m0/s1. The van der Waals surface area contributed by atoms with Gasteiger partial charge < -0.3 is 5.73 Å². The molecule has 0 saturated carbocycles. The number of aromatic nitrogens is 3. The molecule has 1 aromatic heterocycles. The number of hydrogen-bond acceptors (Lipinski definition) is 3. The van der Waals surface area contributed by atoms with E-state index in [2.05, 4.69) is 5.10 Å². The summed E-state index contributed by atoms with van der Waals surface area (Å²) in [7, 11) is 0. The first-order valence-electron chi connectivity index (χ1n) is 5.10. The van der Waals surface area contributed by atoms with E-state index in [1.807, 2.05) is 6.92 Å². The SMILES string of the molecule is C[C@H](N)Cn1nc2n(c1=O)CCCC2. The fourth-order valence-electron chi connectivity index (χ4n) is 1.84. The van der Waals surface area contributed by atoms with Gasteiger partial charge in [-0.25, -0.2) is 9.48 Å². The molecule has 0 radical (unpaired) electrons. The molecule has 5 nitrogen and oxygen atoms in total. The number of nitrogens with zero attached hydrogens (tertiary/aromatic N) is 3. The van der Waals surface area contributed by atoms with E-state index in [0.717, 1.165) is 31.6 Å². The molecule has 2 rings (SSSR count). The van der Waals surface area contributed by atoms with Crippen LogP contribution in [0.25, 0.3) is 0 Å². The quantitative estimate of drug-likeness (QED) is 0.708. The Balaban J connectivity index is 2.34. The number of hydrogen-bond donors (Lipinski definition) is 1. The third kappa shape index (κ3) is 1.59. The summed E-state index contributed by atoms with van der Waals surface area (Å²) in [5, 5.41) is 4.28. The highest BCUT2D eigenvalue weighted by molar-refractivity contribution is 4.91. The molecule has 1 atom stereocenters. The Labute approximate surface area is 82.5 Å². The van der Waals surface area contributed by atoms with E-state index in [-0.39, 0.29) is 11.7 Å². The highest BCUT2D eigenvalue weighted by Crippen LogP contribution is 2.09. The van der Waals surface area contributed by atoms with Crippen molar-refractivity contribution in [2.75, 3.05) is 0 Å². The first kappa shape index (κ1) is 9.45. The van der Waals surface area contributed by atoms with Crippen molar-refractivity contribution in [3.05, 3.63) is 16.3 Å². The van der Waals surface area contributed by atoms with Gasteiger partial charge in [-0.2, -0.15) is 5.10 Å². The van der Waals surface area contributed by atoms with Crippen LogP contribution < -0.4 is 11.4 Å². The Morgan fingerprint density at radius 2 is 2.36 bits per heavy atom. The van der Waals surface area contributed by atoms with E-state index in [1.165, 1.54) is 4.68 Å². The molecule has 78 valence electrons. The lowest BCUT2D eigenvalue weighted by molar-refractivity contribution is 0.503. The Bertz CT molecular complexity index is 377. The fourth-order valence-corrected chi connectivity index (χ4v) is 1.84. The molecule has 14 heavy (non-hydrogen) atoms. The predicted octanol–water partition coefficient (Wildman–Crippen LogP) is -0.272. The van der Waals surface area contributed by atoms with Gasteiger partial charge in [-0.1, -0.05) is 0 Å². The van der Waals surface area contributed by atoms with Crippen LogP contribution in [-0.2, 0) is 19.5 Å². The molecule has 1 aromatic rings. The third-order valence-corrected chi connectivity index (χ3v) is 2.49. The third-order valence-electron chi connectivity index (χ3n) is 2.49. The number of fused-ring (bicyclic) bond motifs is 1. The Hall–Kier alpha value is -1.10. The minimum Gasteiger partial charge on any atom is -0.326 e. The Morgan fingerprint density at radius 1 is 1.57 bits per heavy atom. The minimum absolute atomic E-state index is 0.00278. The molecule has 0 bridgehead atoms. The molecule has 2 heterocycles. The van der Waals surface area contributed by atoms with Gasteiger partial charge in [-0.15, -0.1) is 0 Å². The molecule has 0 spiro atoms.